The molecule has 1 N–H and O–H groups in total. The number of amides is 1. The van der Waals surface area contributed by atoms with Gasteiger partial charge in [0, 0.05) is 6.20 Å². The van der Waals surface area contributed by atoms with Crippen molar-refractivity contribution in [2.24, 2.45) is 0 Å². The lowest BCUT2D eigenvalue weighted by Gasteiger charge is -2.12. The Balaban J connectivity index is 2.08. The lowest BCUT2D eigenvalue weighted by atomic mass is 10.2. The van der Waals surface area contributed by atoms with Crippen molar-refractivity contribution >= 4 is 17.2 Å². The Bertz CT molecular complexity index is 507. The van der Waals surface area contributed by atoms with E-state index in [0.717, 1.165) is 16.1 Å². The average Bonchev–Trinajstić information content (AvgIpc) is 2.76. The predicted molar refractivity (Wildman–Crippen MR) is 69.2 cm³/mol. The van der Waals surface area contributed by atoms with Crippen LogP contribution in [0.3, 0.4) is 0 Å². The minimum Gasteiger partial charge on any atom is -0.343 e. The molecule has 0 saturated carbocycles. The normalized spacial score (nSPS) is 12.1. The fourth-order valence-corrected chi connectivity index (χ4v) is 2.40. The Morgan fingerprint density at radius 2 is 2.24 bits per heavy atom. The van der Waals surface area contributed by atoms with Gasteiger partial charge < -0.3 is 5.32 Å². The first-order chi connectivity index (χ1) is 8.18. The minimum absolute atomic E-state index is 0.0318. The largest absolute Gasteiger partial charge is 0.343 e. The third-order valence-corrected chi connectivity index (χ3v) is 3.56. The molecule has 2 aromatic rings. The summed E-state index contributed by atoms with van der Waals surface area (Å²) in [7, 11) is 0. The molecular formula is C13H14N2OS. The summed E-state index contributed by atoms with van der Waals surface area (Å²) in [5.74, 6) is -0.0318. The molecule has 0 aliphatic rings. The van der Waals surface area contributed by atoms with E-state index in [1.807, 2.05) is 43.5 Å². The molecule has 0 aliphatic heterocycles. The maximum Gasteiger partial charge on any atom is 0.262 e. The van der Waals surface area contributed by atoms with Crippen molar-refractivity contribution in [1.82, 2.24) is 10.3 Å². The molecule has 0 radical (unpaired) electrons. The summed E-state index contributed by atoms with van der Waals surface area (Å²) in [6, 6.07) is 7.56. The van der Waals surface area contributed by atoms with Crippen molar-refractivity contribution in [2.75, 3.05) is 0 Å². The summed E-state index contributed by atoms with van der Waals surface area (Å²) < 4.78 is 0. The Morgan fingerprint density at radius 3 is 2.82 bits per heavy atom. The van der Waals surface area contributed by atoms with Crippen molar-refractivity contribution in [2.45, 2.75) is 19.9 Å². The van der Waals surface area contributed by atoms with Crippen molar-refractivity contribution in [1.29, 1.82) is 0 Å². The van der Waals surface area contributed by atoms with E-state index in [0.29, 0.717) is 0 Å². The Kier molecular flexibility index (Phi) is 3.54. The van der Waals surface area contributed by atoms with E-state index in [1.165, 1.54) is 11.3 Å². The zero-order valence-corrected chi connectivity index (χ0v) is 10.6. The summed E-state index contributed by atoms with van der Waals surface area (Å²) >= 11 is 1.46. The van der Waals surface area contributed by atoms with E-state index >= 15 is 0 Å². The van der Waals surface area contributed by atoms with E-state index in [1.54, 1.807) is 6.20 Å². The van der Waals surface area contributed by atoms with Crippen LogP contribution in [0.2, 0.25) is 0 Å². The van der Waals surface area contributed by atoms with Gasteiger partial charge in [0.05, 0.1) is 16.6 Å². The van der Waals surface area contributed by atoms with Crippen LogP contribution in [0.4, 0.5) is 0 Å². The summed E-state index contributed by atoms with van der Waals surface area (Å²) in [4.78, 5) is 17.0. The van der Waals surface area contributed by atoms with E-state index in [-0.39, 0.29) is 11.9 Å². The number of nitrogens with one attached hydrogen (secondary N) is 1. The number of aromatic nitrogens is 1. The summed E-state index contributed by atoms with van der Waals surface area (Å²) in [5.41, 5.74) is 1.88. The molecule has 0 spiro atoms. The third-order valence-electron chi connectivity index (χ3n) is 2.55. The lowest BCUT2D eigenvalue weighted by molar-refractivity contribution is 0.0942. The summed E-state index contributed by atoms with van der Waals surface area (Å²) in [6.45, 7) is 3.88. The van der Waals surface area contributed by atoms with Crippen LogP contribution in [0.15, 0.2) is 35.8 Å². The molecule has 2 heterocycles. The zero-order chi connectivity index (χ0) is 12.3. The van der Waals surface area contributed by atoms with Crippen LogP contribution in [0.1, 0.15) is 33.9 Å². The van der Waals surface area contributed by atoms with Crippen LogP contribution in [0, 0.1) is 6.92 Å². The van der Waals surface area contributed by atoms with Crippen molar-refractivity contribution < 1.29 is 4.79 Å². The Labute approximate surface area is 105 Å². The second-order valence-electron chi connectivity index (χ2n) is 3.88. The van der Waals surface area contributed by atoms with Crippen molar-refractivity contribution in [3.05, 3.63) is 52.0 Å². The highest BCUT2D eigenvalue weighted by atomic mass is 32.1. The van der Waals surface area contributed by atoms with Gasteiger partial charge in [-0.05, 0) is 43.0 Å². The Hall–Kier alpha value is -1.68. The first kappa shape index (κ1) is 11.8. The maximum absolute atomic E-state index is 12.0. The van der Waals surface area contributed by atoms with E-state index in [9.17, 15) is 4.79 Å². The van der Waals surface area contributed by atoms with Gasteiger partial charge in [-0.1, -0.05) is 6.07 Å². The van der Waals surface area contributed by atoms with Crippen LogP contribution in [-0.2, 0) is 0 Å². The number of rotatable bonds is 3. The molecule has 17 heavy (non-hydrogen) atoms. The molecule has 4 heteroatoms. The van der Waals surface area contributed by atoms with Gasteiger partial charge in [-0.3, -0.25) is 9.78 Å². The van der Waals surface area contributed by atoms with Gasteiger partial charge in [0.2, 0.25) is 0 Å². The second kappa shape index (κ2) is 5.10. The van der Waals surface area contributed by atoms with Gasteiger partial charge in [0.15, 0.2) is 0 Å². The third kappa shape index (κ3) is 2.71. The molecule has 1 amide bonds. The molecule has 1 atom stereocenters. The SMILES string of the molecule is Cc1ccsc1C(=O)NC(C)c1ccccn1. The minimum atomic E-state index is -0.0785. The van der Waals surface area contributed by atoms with Crippen LogP contribution >= 0.6 is 11.3 Å². The number of pyridine rings is 1. The van der Waals surface area contributed by atoms with Crippen LogP contribution in [0.5, 0.6) is 0 Å². The lowest BCUT2D eigenvalue weighted by Crippen LogP contribution is -2.26. The van der Waals surface area contributed by atoms with E-state index in [2.05, 4.69) is 10.3 Å². The summed E-state index contributed by atoms with van der Waals surface area (Å²) in [5, 5.41) is 4.87. The maximum atomic E-state index is 12.0. The molecule has 0 bridgehead atoms. The molecule has 2 aromatic heterocycles. The molecule has 0 saturated heterocycles. The smallest absolute Gasteiger partial charge is 0.262 e. The van der Waals surface area contributed by atoms with Crippen LogP contribution < -0.4 is 5.32 Å². The topological polar surface area (TPSA) is 42.0 Å². The fraction of sp³-hybridized carbons (Fsp3) is 0.231. The van der Waals surface area contributed by atoms with Crippen molar-refractivity contribution in [3.8, 4) is 0 Å². The number of carbonyl (C=O) groups excluding carboxylic acids is 1. The zero-order valence-electron chi connectivity index (χ0n) is 9.81. The quantitative estimate of drug-likeness (QED) is 0.904. The second-order valence-corrected chi connectivity index (χ2v) is 4.80. The van der Waals surface area contributed by atoms with E-state index < -0.39 is 0 Å². The first-order valence-electron chi connectivity index (χ1n) is 5.44. The molecule has 2 rings (SSSR count). The highest BCUT2D eigenvalue weighted by molar-refractivity contribution is 7.12. The number of carbonyl (C=O) groups is 1. The number of hydrogen-bond acceptors (Lipinski definition) is 3. The molecule has 3 nitrogen and oxygen atoms in total. The Morgan fingerprint density at radius 1 is 1.41 bits per heavy atom. The molecule has 0 aromatic carbocycles. The average molecular weight is 246 g/mol. The van der Waals surface area contributed by atoms with Gasteiger partial charge in [-0.15, -0.1) is 11.3 Å². The number of nitrogens with zero attached hydrogens (tertiary/aromatic N) is 1. The molecule has 88 valence electrons. The van der Waals surface area contributed by atoms with Gasteiger partial charge in [0.25, 0.3) is 5.91 Å². The first-order valence-corrected chi connectivity index (χ1v) is 6.32. The molecule has 1 unspecified atom stereocenters. The van der Waals surface area contributed by atoms with Crippen LogP contribution in [-0.4, -0.2) is 10.9 Å². The highest BCUT2D eigenvalue weighted by Gasteiger charge is 2.14. The van der Waals surface area contributed by atoms with Crippen LogP contribution in [0.25, 0.3) is 0 Å². The summed E-state index contributed by atoms with van der Waals surface area (Å²) in [6.07, 6.45) is 1.73. The monoisotopic (exact) mass is 246 g/mol. The molecule has 0 fully saturated rings. The number of thiophene rings is 1. The highest BCUT2D eigenvalue weighted by Crippen LogP contribution is 2.17. The van der Waals surface area contributed by atoms with Gasteiger partial charge in [0.1, 0.15) is 0 Å². The fourth-order valence-electron chi connectivity index (χ4n) is 1.57. The van der Waals surface area contributed by atoms with E-state index in [4.69, 9.17) is 0 Å². The van der Waals surface area contributed by atoms with Gasteiger partial charge in [-0.25, -0.2) is 0 Å². The molecule has 0 aliphatic carbocycles. The number of aryl methyl sites for hydroxylation is 1. The predicted octanol–water partition coefficient (Wildman–Crippen LogP) is 2.94. The molecular weight excluding hydrogens is 232 g/mol. The van der Waals surface area contributed by atoms with Gasteiger partial charge >= 0.3 is 0 Å². The standard InChI is InChI=1S/C13H14N2OS/c1-9-6-8-17-12(9)13(16)15-10(2)11-5-3-4-7-14-11/h3-8,10H,1-2H3,(H,15,16). The number of hydrogen-bond donors (Lipinski definition) is 1. The van der Waals surface area contributed by atoms with Crippen molar-refractivity contribution in [3.63, 3.8) is 0 Å². The van der Waals surface area contributed by atoms with Gasteiger partial charge in [-0.2, -0.15) is 0 Å².